The van der Waals surface area contributed by atoms with Crippen LogP contribution in [0.2, 0.25) is 0 Å². The van der Waals surface area contributed by atoms with Crippen LogP contribution >= 0.6 is 11.3 Å². The van der Waals surface area contributed by atoms with Gasteiger partial charge in [0.2, 0.25) is 5.95 Å². The summed E-state index contributed by atoms with van der Waals surface area (Å²) in [7, 11) is 5.42. The predicted molar refractivity (Wildman–Crippen MR) is 117 cm³/mol. The van der Waals surface area contributed by atoms with Crippen LogP contribution in [-0.4, -0.2) is 47.0 Å². The van der Waals surface area contributed by atoms with Crippen LogP contribution in [0.15, 0.2) is 35.1 Å². The summed E-state index contributed by atoms with van der Waals surface area (Å²) in [6.45, 7) is 0.780. The third kappa shape index (κ3) is 3.76. The van der Waals surface area contributed by atoms with Crippen molar-refractivity contribution in [2.45, 2.75) is 31.7 Å². The number of carbonyl (C=O) groups is 1. The molecular weight excluding hydrogens is 386 g/mol. The second-order valence-electron chi connectivity index (χ2n) is 7.62. The highest BCUT2D eigenvalue weighted by Gasteiger charge is 2.32. The number of hydrogen-bond acceptors (Lipinski definition) is 7. The molecular formula is C21H25N5O2S. The zero-order chi connectivity index (χ0) is 20.5. The largest absolute Gasteiger partial charge is 0.348 e. The van der Waals surface area contributed by atoms with Gasteiger partial charge in [-0.05, 0) is 24.8 Å². The first-order valence-corrected chi connectivity index (χ1v) is 10.7. The molecule has 0 spiro atoms. The Balaban J connectivity index is 1.58. The van der Waals surface area contributed by atoms with Gasteiger partial charge < -0.3 is 9.80 Å². The lowest BCUT2D eigenvalue weighted by Gasteiger charge is -2.22. The molecule has 152 valence electrons. The van der Waals surface area contributed by atoms with Crippen LogP contribution < -0.4 is 15.4 Å². The number of ketones is 1. The van der Waals surface area contributed by atoms with Gasteiger partial charge in [-0.3, -0.25) is 14.2 Å². The average Bonchev–Trinajstić information content (AvgIpc) is 3.36. The number of rotatable bonds is 6. The van der Waals surface area contributed by atoms with E-state index in [1.807, 2.05) is 37.2 Å². The van der Waals surface area contributed by atoms with Crippen LogP contribution in [-0.2, 0) is 18.3 Å². The zero-order valence-electron chi connectivity index (χ0n) is 17.0. The molecule has 1 fully saturated rings. The molecule has 0 aliphatic carbocycles. The van der Waals surface area contributed by atoms with Gasteiger partial charge in [-0.1, -0.05) is 41.7 Å². The van der Waals surface area contributed by atoms with Crippen LogP contribution in [0.1, 0.15) is 24.8 Å². The Morgan fingerprint density at radius 2 is 2.00 bits per heavy atom. The topological polar surface area (TPSA) is 71.3 Å². The van der Waals surface area contributed by atoms with E-state index in [1.165, 1.54) is 21.5 Å². The molecule has 1 aliphatic rings. The Kier molecular flexibility index (Phi) is 5.36. The lowest BCUT2D eigenvalue weighted by atomic mass is 10.0. The molecule has 2 aromatic heterocycles. The van der Waals surface area contributed by atoms with E-state index in [1.54, 1.807) is 7.05 Å². The number of benzene rings is 1. The van der Waals surface area contributed by atoms with E-state index in [2.05, 4.69) is 27.0 Å². The molecule has 1 saturated heterocycles. The summed E-state index contributed by atoms with van der Waals surface area (Å²) in [6, 6.07) is 9.92. The van der Waals surface area contributed by atoms with Gasteiger partial charge in [-0.2, -0.15) is 0 Å². The average molecular weight is 412 g/mol. The Labute approximate surface area is 173 Å². The molecule has 0 saturated carbocycles. The number of nitrogens with zero attached hydrogens (tertiary/aromatic N) is 5. The Morgan fingerprint density at radius 1 is 1.24 bits per heavy atom. The van der Waals surface area contributed by atoms with Crippen molar-refractivity contribution < 1.29 is 4.79 Å². The molecule has 8 heteroatoms. The number of anilines is 2. The van der Waals surface area contributed by atoms with Gasteiger partial charge in [0, 0.05) is 34.1 Å². The lowest BCUT2D eigenvalue weighted by Crippen LogP contribution is -2.36. The van der Waals surface area contributed by atoms with Gasteiger partial charge in [-0.15, -0.1) is 0 Å². The Hall–Kier alpha value is -2.74. The van der Waals surface area contributed by atoms with Crippen LogP contribution in [0.4, 0.5) is 11.1 Å². The van der Waals surface area contributed by atoms with Crippen LogP contribution in [0.25, 0.3) is 10.3 Å². The fourth-order valence-corrected chi connectivity index (χ4v) is 4.87. The van der Waals surface area contributed by atoms with Crippen molar-refractivity contribution in [1.29, 1.82) is 0 Å². The molecule has 0 bridgehead atoms. The molecule has 3 aromatic rings. The third-order valence-corrected chi connectivity index (χ3v) is 6.37. The number of fused-ring (bicyclic) bond motifs is 1. The molecule has 1 aromatic carbocycles. The van der Waals surface area contributed by atoms with E-state index in [0.29, 0.717) is 22.7 Å². The van der Waals surface area contributed by atoms with Crippen LogP contribution in [0, 0.1) is 0 Å². The molecule has 0 amide bonds. The molecule has 0 unspecified atom stereocenters. The van der Waals surface area contributed by atoms with Crippen molar-refractivity contribution in [3.63, 3.8) is 0 Å². The first kappa shape index (κ1) is 19.6. The van der Waals surface area contributed by atoms with Gasteiger partial charge >= 0.3 is 0 Å². The summed E-state index contributed by atoms with van der Waals surface area (Å²) in [6.07, 6.45) is 3.04. The summed E-state index contributed by atoms with van der Waals surface area (Å²) in [5.74, 6) is 0.829. The van der Waals surface area contributed by atoms with E-state index >= 15 is 0 Å². The molecule has 7 nitrogen and oxygen atoms in total. The zero-order valence-corrected chi connectivity index (χ0v) is 17.8. The monoisotopic (exact) mass is 411 g/mol. The quantitative estimate of drug-likeness (QED) is 0.621. The number of Topliss-reactive ketones (excluding diaryl/α,β-unsaturated/α-hetero) is 1. The minimum atomic E-state index is -0.170. The van der Waals surface area contributed by atoms with Crippen LogP contribution in [0.5, 0.6) is 0 Å². The van der Waals surface area contributed by atoms with Gasteiger partial charge in [0.1, 0.15) is 0 Å². The number of aromatic nitrogens is 3. The number of hydrogen-bond donors (Lipinski definition) is 0. The molecule has 4 rings (SSSR count). The second kappa shape index (κ2) is 7.94. The summed E-state index contributed by atoms with van der Waals surface area (Å²) in [5.41, 5.74) is 1.39. The van der Waals surface area contributed by atoms with Crippen molar-refractivity contribution in [3.8, 4) is 0 Å². The van der Waals surface area contributed by atoms with Gasteiger partial charge in [0.05, 0.1) is 6.04 Å². The summed E-state index contributed by atoms with van der Waals surface area (Å²) in [5, 5.41) is 0.719. The van der Waals surface area contributed by atoms with Crippen molar-refractivity contribution in [3.05, 3.63) is 46.2 Å². The molecule has 1 aliphatic heterocycles. The first-order valence-electron chi connectivity index (χ1n) is 9.84. The van der Waals surface area contributed by atoms with E-state index in [9.17, 15) is 9.59 Å². The SMILES string of the molecule is CN(C)c1nc2sc(N3CCC[C@@H]3C(=O)CCc3ccccc3)nc2c(=O)n1C. The van der Waals surface area contributed by atoms with Gasteiger partial charge in [-0.25, -0.2) is 9.97 Å². The highest BCUT2D eigenvalue weighted by Crippen LogP contribution is 2.32. The minimum absolute atomic E-state index is 0.160. The first-order chi connectivity index (χ1) is 14.0. The van der Waals surface area contributed by atoms with Crippen LogP contribution in [0.3, 0.4) is 0 Å². The second-order valence-corrected chi connectivity index (χ2v) is 8.58. The number of thiazole rings is 1. The maximum Gasteiger partial charge on any atom is 0.282 e. The van der Waals surface area contributed by atoms with Gasteiger partial charge in [0.15, 0.2) is 21.3 Å². The maximum atomic E-state index is 12.9. The Bertz CT molecular complexity index is 1090. The van der Waals surface area contributed by atoms with E-state index in [4.69, 9.17) is 0 Å². The smallest absolute Gasteiger partial charge is 0.282 e. The molecule has 0 radical (unpaired) electrons. The van der Waals surface area contributed by atoms with Crippen molar-refractivity contribution in [1.82, 2.24) is 14.5 Å². The number of aryl methyl sites for hydroxylation is 1. The van der Waals surface area contributed by atoms with E-state index in [-0.39, 0.29) is 17.4 Å². The van der Waals surface area contributed by atoms with E-state index < -0.39 is 0 Å². The fraction of sp³-hybridized carbons (Fsp3) is 0.429. The van der Waals surface area contributed by atoms with Crippen molar-refractivity contribution in [2.24, 2.45) is 7.05 Å². The Morgan fingerprint density at radius 3 is 2.72 bits per heavy atom. The summed E-state index contributed by atoms with van der Waals surface area (Å²) < 4.78 is 1.51. The van der Waals surface area contributed by atoms with Crippen molar-refractivity contribution in [2.75, 3.05) is 30.4 Å². The highest BCUT2D eigenvalue weighted by atomic mass is 32.1. The molecule has 1 atom stereocenters. The van der Waals surface area contributed by atoms with Gasteiger partial charge in [0.25, 0.3) is 5.56 Å². The molecule has 0 N–H and O–H groups in total. The third-order valence-electron chi connectivity index (χ3n) is 5.38. The van der Waals surface area contributed by atoms with E-state index in [0.717, 1.165) is 30.9 Å². The predicted octanol–water partition coefficient (Wildman–Crippen LogP) is 2.63. The molecule has 29 heavy (non-hydrogen) atoms. The molecule has 3 heterocycles. The standard InChI is InChI=1S/C21H25N5O2S/c1-24(2)20-23-18-17(19(28)25(20)3)22-21(29-18)26-13-7-10-15(26)16(27)12-11-14-8-5-4-6-9-14/h4-6,8-9,15H,7,10-13H2,1-3H3/t15-/m1/s1. The highest BCUT2D eigenvalue weighted by molar-refractivity contribution is 7.21. The lowest BCUT2D eigenvalue weighted by molar-refractivity contribution is -0.120. The van der Waals surface area contributed by atoms with Crippen molar-refractivity contribution >= 4 is 38.5 Å². The number of carbonyl (C=O) groups excluding carboxylic acids is 1. The summed E-state index contributed by atoms with van der Waals surface area (Å²) >= 11 is 1.40. The minimum Gasteiger partial charge on any atom is -0.348 e. The normalized spacial score (nSPS) is 16.5. The fourth-order valence-electron chi connectivity index (χ4n) is 3.86. The summed E-state index contributed by atoms with van der Waals surface area (Å²) in [4.78, 5) is 39.3. The maximum absolute atomic E-state index is 12.9.